The maximum atomic E-state index is 14.9. The summed E-state index contributed by atoms with van der Waals surface area (Å²) in [6, 6.07) is 10.5. The van der Waals surface area contributed by atoms with Gasteiger partial charge in [-0.05, 0) is 62.6 Å². The number of ether oxygens (including phenoxy) is 1. The molecule has 5 rings (SSSR count). The third-order valence-electron chi connectivity index (χ3n) is 8.09. The van der Waals surface area contributed by atoms with E-state index in [2.05, 4.69) is 23.6 Å². The van der Waals surface area contributed by atoms with E-state index in [-0.39, 0.29) is 29.7 Å². The number of hydrogen-bond donors (Lipinski definition) is 0. The Morgan fingerprint density at radius 1 is 0.861 bits per heavy atom. The Balaban J connectivity index is 1.37. The highest BCUT2D eigenvalue weighted by atomic mass is 19.1. The Hall–Kier alpha value is -2.58. The molecule has 3 aliphatic rings. The van der Waals surface area contributed by atoms with Gasteiger partial charge >= 0.3 is 0 Å². The summed E-state index contributed by atoms with van der Waals surface area (Å²) in [5.41, 5.74) is 1.34. The van der Waals surface area contributed by atoms with Gasteiger partial charge in [0.25, 0.3) is 0 Å². The number of halogens is 3. The van der Waals surface area contributed by atoms with Gasteiger partial charge in [0.15, 0.2) is 0 Å². The number of benzene rings is 2. The number of piperazine rings is 1. The zero-order valence-electron chi connectivity index (χ0n) is 20.9. The van der Waals surface area contributed by atoms with E-state index in [0.29, 0.717) is 51.0 Å². The number of likely N-dealkylation sites (tertiary alicyclic amines) is 1. The lowest BCUT2D eigenvalue weighted by Crippen LogP contribution is -2.59. The molecule has 0 aromatic heterocycles. The van der Waals surface area contributed by atoms with Crippen molar-refractivity contribution >= 4 is 11.6 Å². The van der Waals surface area contributed by atoms with Crippen LogP contribution >= 0.6 is 0 Å². The summed E-state index contributed by atoms with van der Waals surface area (Å²) in [6.07, 6.45) is 1.79. The second kappa shape index (κ2) is 10.4. The number of amides is 1. The molecule has 0 unspecified atom stereocenters. The van der Waals surface area contributed by atoms with Gasteiger partial charge in [-0.25, -0.2) is 13.2 Å². The first-order chi connectivity index (χ1) is 17.3. The van der Waals surface area contributed by atoms with Crippen LogP contribution in [0, 0.1) is 23.4 Å². The van der Waals surface area contributed by atoms with E-state index in [1.165, 1.54) is 24.3 Å². The Kier molecular flexibility index (Phi) is 7.26. The first-order valence-corrected chi connectivity index (χ1v) is 12.9. The molecular formula is C28H34F3N3O2. The molecular weight excluding hydrogens is 467 g/mol. The number of nitrogens with zero attached hydrogens (tertiary/aromatic N) is 3. The van der Waals surface area contributed by atoms with Crippen LogP contribution < -0.4 is 4.90 Å². The maximum absolute atomic E-state index is 14.9. The number of hydrogen-bond acceptors (Lipinski definition) is 4. The number of carbonyl (C=O) groups is 1. The van der Waals surface area contributed by atoms with E-state index < -0.39 is 17.6 Å². The summed E-state index contributed by atoms with van der Waals surface area (Å²) >= 11 is 0. The fraction of sp³-hybridized carbons (Fsp3) is 0.536. The standard InChI is InChI=1S/C28H34F3N3O2/c1-18-14-33(15-19(2)34(18)23-6-3-20(29)4-7-23)28(35)26-17-32(22-9-11-36-12-10-22)16-25(26)24-8-5-21(30)13-27(24)31/h3-8,13,18-19,22,25-26H,9-12,14-17H2,1-2H3/t18-,19+,25-,26+/m0/s1. The molecule has 2 aromatic rings. The second-order valence-electron chi connectivity index (χ2n) is 10.5. The summed E-state index contributed by atoms with van der Waals surface area (Å²) in [5, 5.41) is 0. The van der Waals surface area contributed by atoms with Gasteiger partial charge in [0.1, 0.15) is 17.5 Å². The zero-order valence-corrected chi connectivity index (χ0v) is 20.9. The average Bonchev–Trinajstić information content (AvgIpc) is 3.30. The predicted octanol–water partition coefficient (Wildman–Crippen LogP) is 4.42. The molecule has 3 fully saturated rings. The molecule has 3 saturated heterocycles. The summed E-state index contributed by atoms with van der Waals surface area (Å²) in [4.78, 5) is 20.4. The molecule has 3 heterocycles. The van der Waals surface area contributed by atoms with Gasteiger partial charge in [-0.3, -0.25) is 9.69 Å². The van der Waals surface area contributed by atoms with Gasteiger partial charge < -0.3 is 14.5 Å². The Labute approximate surface area is 210 Å². The van der Waals surface area contributed by atoms with E-state index >= 15 is 0 Å². The molecule has 5 nitrogen and oxygen atoms in total. The van der Waals surface area contributed by atoms with Gasteiger partial charge in [-0.1, -0.05) is 6.07 Å². The molecule has 0 N–H and O–H groups in total. The predicted molar refractivity (Wildman–Crippen MR) is 132 cm³/mol. The second-order valence-corrected chi connectivity index (χ2v) is 10.5. The smallest absolute Gasteiger partial charge is 0.227 e. The molecule has 0 saturated carbocycles. The van der Waals surface area contributed by atoms with Crippen LogP contribution in [-0.4, -0.2) is 73.2 Å². The van der Waals surface area contributed by atoms with Crippen molar-refractivity contribution in [3.8, 4) is 0 Å². The van der Waals surface area contributed by atoms with Crippen molar-refractivity contribution in [2.45, 2.75) is 50.7 Å². The third kappa shape index (κ3) is 4.98. The number of anilines is 1. The average molecular weight is 502 g/mol. The topological polar surface area (TPSA) is 36.0 Å². The number of carbonyl (C=O) groups excluding carboxylic acids is 1. The Morgan fingerprint density at radius 3 is 2.14 bits per heavy atom. The van der Waals surface area contributed by atoms with Crippen molar-refractivity contribution in [2.24, 2.45) is 5.92 Å². The van der Waals surface area contributed by atoms with Crippen LogP contribution in [0.1, 0.15) is 38.2 Å². The van der Waals surface area contributed by atoms with E-state index in [9.17, 15) is 18.0 Å². The van der Waals surface area contributed by atoms with Gasteiger partial charge in [0.2, 0.25) is 5.91 Å². The lowest BCUT2D eigenvalue weighted by molar-refractivity contribution is -0.137. The molecule has 1 amide bonds. The lowest BCUT2D eigenvalue weighted by atomic mass is 9.87. The van der Waals surface area contributed by atoms with Gasteiger partial charge in [0, 0.05) is 75.2 Å². The van der Waals surface area contributed by atoms with E-state index in [1.807, 2.05) is 4.90 Å². The highest BCUT2D eigenvalue weighted by Crippen LogP contribution is 2.38. The van der Waals surface area contributed by atoms with E-state index in [1.54, 1.807) is 12.1 Å². The minimum atomic E-state index is -0.613. The van der Waals surface area contributed by atoms with Gasteiger partial charge in [-0.15, -0.1) is 0 Å². The maximum Gasteiger partial charge on any atom is 0.227 e. The van der Waals surface area contributed by atoms with Crippen molar-refractivity contribution < 1.29 is 22.7 Å². The fourth-order valence-electron chi connectivity index (χ4n) is 6.41. The fourth-order valence-corrected chi connectivity index (χ4v) is 6.41. The van der Waals surface area contributed by atoms with Gasteiger partial charge in [0.05, 0.1) is 5.92 Å². The molecule has 4 atom stereocenters. The highest BCUT2D eigenvalue weighted by molar-refractivity contribution is 5.81. The molecule has 2 aromatic carbocycles. The summed E-state index contributed by atoms with van der Waals surface area (Å²) in [5.74, 6) is -2.18. The largest absolute Gasteiger partial charge is 0.381 e. The minimum absolute atomic E-state index is 0.0238. The molecule has 8 heteroatoms. The normalized spacial score (nSPS) is 28.0. The summed E-state index contributed by atoms with van der Waals surface area (Å²) in [6.45, 7) is 7.72. The lowest BCUT2D eigenvalue weighted by Gasteiger charge is -2.46. The molecule has 194 valence electrons. The van der Waals surface area contributed by atoms with Crippen LogP contribution in [0.2, 0.25) is 0 Å². The molecule has 0 bridgehead atoms. The monoisotopic (exact) mass is 501 g/mol. The number of rotatable bonds is 4. The van der Waals surface area contributed by atoms with Gasteiger partial charge in [-0.2, -0.15) is 0 Å². The van der Waals surface area contributed by atoms with Crippen LogP contribution in [-0.2, 0) is 9.53 Å². The van der Waals surface area contributed by atoms with Crippen LogP contribution in [0.25, 0.3) is 0 Å². The Morgan fingerprint density at radius 2 is 1.50 bits per heavy atom. The third-order valence-corrected chi connectivity index (χ3v) is 8.09. The van der Waals surface area contributed by atoms with Crippen LogP contribution in [0.5, 0.6) is 0 Å². The van der Waals surface area contributed by atoms with Crippen LogP contribution in [0.4, 0.5) is 18.9 Å². The quantitative estimate of drug-likeness (QED) is 0.622. The zero-order chi connectivity index (χ0) is 25.4. The molecule has 36 heavy (non-hydrogen) atoms. The molecule has 0 radical (unpaired) electrons. The van der Waals surface area contributed by atoms with Crippen LogP contribution in [0.3, 0.4) is 0 Å². The summed E-state index contributed by atoms with van der Waals surface area (Å²) < 4.78 is 47.5. The molecule has 0 aliphatic carbocycles. The first kappa shape index (κ1) is 25.1. The van der Waals surface area contributed by atoms with Crippen molar-refractivity contribution in [3.63, 3.8) is 0 Å². The summed E-state index contributed by atoms with van der Waals surface area (Å²) in [7, 11) is 0. The van der Waals surface area contributed by atoms with Crippen LogP contribution in [0.15, 0.2) is 42.5 Å². The first-order valence-electron chi connectivity index (χ1n) is 12.9. The molecule has 0 spiro atoms. The molecule has 3 aliphatic heterocycles. The highest BCUT2D eigenvalue weighted by Gasteiger charge is 2.45. The Bertz CT molecular complexity index is 1060. The van der Waals surface area contributed by atoms with Crippen molar-refractivity contribution in [1.29, 1.82) is 0 Å². The van der Waals surface area contributed by atoms with Crippen molar-refractivity contribution in [1.82, 2.24) is 9.80 Å². The van der Waals surface area contributed by atoms with Crippen molar-refractivity contribution in [3.05, 3.63) is 65.5 Å². The van der Waals surface area contributed by atoms with E-state index in [4.69, 9.17) is 4.74 Å². The van der Waals surface area contributed by atoms with E-state index in [0.717, 1.165) is 24.6 Å². The van der Waals surface area contributed by atoms with Crippen molar-refractivity contribution in [2.75, 3.05) is 44.3 Å². The minimum Gasteiger partial charge on any atom is -0.381 e. The SMILES string of the molecule is C[C@@H]1CN(C(=O)[C@@H]2CN(C3CCOCC3)C[C@H]2c2ccc(F)cc2F)C[C@H](C)N1c1ccc(F)cc1.